The molecule has 0 amide bonds. The molecule has 8 unspecified atom stereocenters. The minimum atomic E-state index is -0.1000. The topological polar surface area (TPSA) is 36.4 Å². The first kappa shape index (κ1) is 33.1. The molecule has 0 radical (unpaired) electrons. The summed E-state index contributed by atoms with van der Waals surface area (Å²) in [5.41, 5.74) is 11.4. The van der Waals surface area contributed by atoms with E-state index >= 15 is 0 Å². The first-order chi connectivity index (χ1) is 25.5. The fourth-order valence-electron chi connectivity index (χ4n) is 9.66. The van der Waals surface area contributed by atoms with Gasteiger partial charge >= 0.3 is 0 Å². The summed E-state index contributed by atoms with van der Waals surface area (Å²) in [6.07, 6.45) is 53.0. The van der Waals surface area contributed by atoms with Crippen LogP contribution in [0.2, 0.25) is 0 Å². The lowest BCUT2D eigenvalue weighted by Crippen LogP contribution is -2.58. The summed E-state index contributed by atoms with van der Waals surface area (Å²) in [4.78, 5) is 5.51. The minimum absolute atomic E-state index is 0.0449. The van der Waals surface area contributed by atoms with Gasteiger partial charge in [0, 0.05) is 29.1 Å². The number of nitrogens with one attached hydrogen (secondary N) is 2. The van der Waals surface area contributed by atoms with E-state index in [4.69, 9.17) is 4.99 Å². The second-order valence-corrected chi connectivity index (χ2v) is 16.0. The van der Waals surface area contributed by atoms with Crippen LogP contribution in [0.5, 0.6) is 0 Å². The highest BCUT2D eigenvalue weighted by Crippen LogP contribution is 2.52. The highest BCUT2D eigenvalue weighted by Gasteiger charge is 2.42. The zero-order valence-corrected chi connectivity index (χ0v) is 30.6. The van der Waals surface area contributed by atoms with Crippen LogP contribution in [0.4, 0.5) is 0 Å². The second kappa shape index (κ2) is 14.0. The molecule has 0 spiro atoms. The Kier molecular flexibility index (Phi) is 8.93. The fraction of sp³-hybridized carbons (Fsp3) is 0.327. The molecule has 1 aromatic carbocycles. The maximum atomic E-state index is 5.51. The van der Waals surface area contributed by atoms with Crippen LogP contribution in [0.25, 0.3) is 5.57 Å². The zero-order valence-electron chi connectivity index (χ0n) is 30.6. The summed E-state index contributed by atoms with van der Waals surface area (Å²) >= 11 is 0. The largest absolute Gasteiger partial charge is 0.354 e. The monoisotopic (exact) mass is 681 g/mol. The van der Waals surface area contributed by atoms with Gasteiger partial charge in [0.05, 0.1) is 6.17 Å². The molecule has 0 bridgehead atoms. The predicted molar refractivity (Wildman–Crippen MR) is 218 cm³/mol. The Morgan fingerprint density at radius 2 is 1.65 bits per heavy atom. The Balaban J connectivity index is 1.14. The summed E-state index contributed by atoms with van der Waals surface area (Å²) in [7, 11) is 0. The molecule has 9 rings (SSSR count). The standard InChI is InChI=1S/C49H51N3/c1-33-16-9-10-24-40(33)48-51-46(35-19-7-4-8-20-35)50-47(52-48)38-27-28-41(37-22-15-21-36(30-37)34-17-5-3-6-18-34)43(31-38)44-32-39-23-13-14-29-49(39,2)45-26-12-11-25-42(44)45/h3-14,17,19,21,23-30,32-35,39,43,46-47,50H,15-16,18,20,22,31H2,1-2H3,(H,51,52). The van der Waals surface area contributed by atoms with Gasteiger partial charge in [0.2, 0.25) is 0 Å². The molecule has 7 aliphatic carbocycles. The average molecular weight is 682 g/mol. The summed E-state index contributed by atoms with van der Waals surface area (Å²) in [5.74, 6) is 2.86. The van der Waals surface area contributed by atoms with Crippen molar-refractivity contribution in [3.63, 3.8) is 0 Å². The minimum Gasteiger partial charge on any atom is -0.354 e. The van der Waals surface area contributed by atoms with Crippen molar-refractivity contribution in [2.45, 2.75) is 70.1 Å². The van der Waals surface area contributed by atoms with Gasteiger partial charge in [-0.15, -0.1) is 0 Å². The van der Waals surface area contributed by atoms with Crippen LogP contribution in [0, 0.1) is 29.6 Å². The Bertz CT molecular complexity index is 2060. The van der Waals surface area contributed by atoms with Gasteiger partial charge in [0.1, 0.15) is 12.0 Å². The van der Waals surface area contributed by atoms with Crippen LogP contribution < -0.4 is 10.6 Å². The smallest absolute Gasteiger partial charge is 0.127 e. The van der Waals surface area contributed by atoms with Crippen LogP contribution >= 0.6 is 0 Å². The van der Waals surface area contributed by atoms with E-state index in [9.17, 15) is 0 Å². The molecule has 0 fully saturated rings. The average Bonchev–Trinajstić information content (AvgIpc) is 3.21. The number of aliphatic imine (C=N–C) groups is 1. The fourth-order valence-corrected chi connectivity index (χ4v) is 9.66. The van der Waals surface area contributed by atoms with E-state index in [-0.39, 0.29) is 23.7 Å². The van der Waals surface area contributed by atoms with Crippen LogP contribution in [0.1, 0.15) is 63.5 Å². The molecule has 8 aliphatic rings. The number of nitrogens with zero attached hydrogens (tertiary/aromatic N) is 1. The van der Waals surface area contributed by atoms with Crippen molar-refractivity contribution in [3.05, 3.63) is 185 Å². The van der Waals surface area contributed by atoms with Gasteiger partial charge < -0.3 is 5.32 Å². The van der Waals surface area contributed by atoms with Crippen molar-refractivity contribution < 1.29 is 0 Å². The molecular weight excluding hydrogens is 631 g/mol. The van der Waals surface area contributed by atoms with E-state index in [1.807, 2.05) is 0 Å². The van der Waals surface area contributed by atoms with Gasteiger partial charge in [-0.2, -0.15) is 0 Å². The molecule has 52 heavy (non-hydrogen) atoms. The van der Waals surface area contributed by atoms with E-state index in [1.165, 1.54) is 44.6 Å². The van der Waals surface area contributed by atoms with E-state index in [2.05, 4.69) is 170 Å². The first-order valence-corrected chi connectivity index (χ1v) is 19.7. The van der Waals surface area contributed by atoms with Crippen LogP contribution in [0.3, 0.4) is 0 Å². The van der Waals surface area contributed by atoms with E-state index in [0.717, 1.165) is 44.4 Å². The highest BCUT2D eigenvalue weighted by atomic mass is 15.3. The molecule has 2 N–H and O–H groups in total. The van der Waals surface area contributed by atoms with Crippen molar-refractivity contribution in [1.29, 1.82) is 0 Å². The van der Waals surface area contributed by atoms with Gasteiger partial charge in [-0.25, -0.2) is 4.99 Å². The summed E-state index contributed by atoms with van der Waals surface area (Å²) < 4.78 is 0. The van der Waals surface area contributed by atoms with Crippen LogP contribution in [-0.4, -0.2) is 18.2 Å². The number of rotatable bonds is 6. The number of allylic oxidation sites excluding steroid dienone is 23. The zero-order chi connectivity index (χ0) is 35.1. The molecule has 3 nitrogen and oxygen atoms in total. The summed E-state index contributed by atoms with van der Waals surface area (Å²) in [5, 5.41) is 7.88. The van der Waals surface area contributed by atoms with Gasteiger partial charge in [-0.05, 0) is 89.0 Å². The number of hydrogen-bond donors (Lipinski definition) is 2. The number of hydrogen-bond acceptors (Lipinski definition) is 3. The van der Waals surface area contributed by atoms with E-state index in [1.54, 1.807) is 0 Å². The Hall–Kier alpha value is -4.73. The highest BCUT2D eigenvalue weighted by molar-refractivity contribution is 6.00. The Morgan fingerprint density at radius 1 is 0.808 bits per heavy atom. The molecular formula is C49H51N3. The molecule has 0 aromatic heterocycles. The number of benzene rings is 1. The molecule has 262 valence electrons. The molecule has 0 saturated carbocycles. The van der Waals surface area contributed by atoms with Gasteiger partial charge in [-0.3, -0.25) is 5.32 Å². The second-order valence-electron chi connectivity index (χ2n) is 16.0. The third-order valence-corrected chi connectivity index (χ3v) is 12.7. The van der Waals surface area contributed by atoms with E-state index < -0.39 is 0 Å². The maximum Gasteiger partial charge on any atom is 0.127 e. The molecule has 8 atom stereocenters. The Labute approximate surface area is 310 Å². The predicted octanol–water partition coefficient (Wildman–Crippen LogP) is 10.6. The van der Waals surface area contributed by atoms with Crippen LogP contribution in [-0.2, 0) is 5.41 Å². The van der Waals surface area contributed by atoms with Crippen molar-refractivity contribution >= 4 is 11.4 Å². The molecule has 1 aliphatic heterocycles. The SMILES string of the molecule is CC1CC=CC=C1C1=NC(C2=CC=C(C3=CC(C4C=CC=CC4)=CCC3)C(C3=CC4C=CC=CC4(C)c4ccccc43)C2)NC(C2C=CC=CC2)N1. The normalized spacial score (nSPS) is 34.5. The van der Waals surface area contributed by atoms with Gasteiger partial charge in [0.15, 0.2) is 0 Å². The number of fused-ring (bicyclic) bond motifs is 3. The lowest BCUT2D eigenvalue weighted by atomic mass is 9.61. The van der Waals surface area contributed by atoms with Crippen molar-refractivity contribution in [2.75, 3.05) is 0 Å². The van der Waals surface area contributed by atoms with Crippen LogP contribution in [0.15, 0.2) is 179 Å². The summed E-state index contributed by atoms with van der Waals surface area (Å²) in [6, 6.07) is 9.22. The molecule has 3 heteroatoms. The summed E-state index contributed by atoms with van der Waals surface area (Å²) in [6.45, 7) is 4.75. The van der Waals surface area contributed by atoms with E-state index in [0.29, 0.717) is 23.7 Å². The number of amidine groups is 1. The lowest BCUT2D eigenvalue weighted by molar-refractivity contribution is 0.337. The quantitative estimate of drug-likeness (QED) is 0.314. The van der Waals surface area contributed by atoms with Gasteiger partial charge in [0.25, 0.3) is 0 Å². The molecule has 0 saturated heterocycles. The maximum absolute atomic E-state index is 5.51. The van der Waals surface area contributed by atoms with Crippen molar-refractivity contribution in [1.82, 2.24) is 10.6 Å². The van der Waals surface area contributed by atoms with Crippen molar-refractivity contribution in [2.24, 2.45) is 34.6 Å². The Morgan fingerprint density at radius 3 is 2.50 bits per heavy atom. The van der Waals surface area contributed by atoms with Crippen molar-refractivity contribution in [3.8, 4) is 0 Å². The first-order valence-electron chi connectivity index (χ1n) is 19.7. The lowest BCUT2D eigenvalue weighted by Gasteiger charge is -2.43. The third-order valence-electron chi connectivity index (χ3n) is 12.7. The third kappa shape index (κ3) is 6.13. The van der Waals surface area contributed by atoms with Gasteiger partial charge in [-0.1, -0.05) is 160 Å². The molecule has 1 heterocycles. The molecule has 1 aromatic rings.